The van der Waals surface area contributed by atoms with E-state index in [0.717, 1.165) is 34.1 Å². The minimum Gasteiger partial charge on any atom is -0.497 e. The monoisotopic (exact) mass is 349 g/mol. The van der Waals surface area contributed by atoms with E-state index >= 15 is 0 Å². The fourth-order valence-electron chi connectivity index (χ4n) is 3.74. The Labute approximate surface area is 153 Å². The van der Waals surface area contributed by atoms with Crippen LogP contribution in [0.4, 0.5) is 5.69 Å². The fraction of sp³-hybridized carbons (Fsp3) is 0.286. The summed E-state index contributed by atoms with van der Waals surface area (Å²) in [7, 11) is 3.36. The standard InChI is InChI=1S/C21H23N3O2/c1-12-8-13(2)20-16(9-12)18-10-14(3)23-24(18)21(22-20)17-11-15(25-4)6-7-19(17)26-5/h6-11,21-22H,1-5H3/t21-/m1/s1. The molecule has 1 aliphatic heterocycles. The lowest BCUT2D eigenvalue weighted by Crippen LogP contribution is -2.26. The first-order chi connectivity index (χ1) is 12.5. The summed E-state index contributed by atoms with van der Waals surface area (Å²) < 4.78 is 13.1. The number of fused-ring (bicyclic) bond motifs is 3. The van der Waals surface area contributed by atoms with Crippen LogP contribution in [0.15, 0.2) is 36.4 Å². The van der Waals surface area contributed by atoms with Crippen LogP contribution in [0.1, 0.15) is 28.6 Å². The average molecular weight is 349 g/mol. The molecule has 0 unspecified atom stereocenters. The molecule has 134 valence electrons. The van der Waals surface area contributed by atoms with Crippen molar-refractivity contribution in [3.63, 3.8) is 0 Å². The van der Waals surface area contributed by atoms with Crippen LogP contribution < -0.4 is 14.8 Å². The number of aromatic nitrogens is 2. The first-order valence-electron chi connectivity index (χ1n) is 8.68. The van der Waals surface area contributed by atoms with Crippen LogP contribution in [0, 0.1) is 20.8 Å². The second-order valence-electron chi connectivity index (χ2n) is 6.77. The van der Waals surface area contributed by atoms with Gasteiger partial charge in [-0.3, -0.25) is 0 Å². The lowest BCUT2D eigenvalue weighted by Gasteiger charge is -2.31. The normalized spacial score (nSPS) is 15.0. The Balaban J connectivity index is 1.95. The van der Waals surface area contributed by atoms with Crippen molar-refractivity contribution in [3.05, 3.63) is 58.8 Å². The number of nitrogens with one attached hydrogen (secondary N) is 1. The van der Waals surface area contributed by atoms with E-state index in [4.69, 9.17) is 14.6 Å². The van der Waals surface area contributed by atoms with Crippen LogP contribution in [0.2, 0.25) is 0 Å². The van der Waals surface area contributed by atoms with Gasteiger partial charge in [-0.2, -0.15) is 5.10 Å². The van der Waals surface area contributed by atoms with Crippen molar-refractivity contribution in [3.8, 4) is 22.8 Å². The van der Waals surface area contributed by atoms with Crippen molar-refractivity contribution >= 4 is 5.69 Å². The molecule has 0 radical (unpaired) electrons. The number of nitrogens with zero attached hydrogens (tertiary/aromatic N) is 2. The molecule has 2 heterocycles. The maximum atomic E-state index is 5.62. The number of aryl methyl sites for hydroxylation is 3. The highest BCUT2D eigenvalue weighted by molar-refractivity contribution is 5.82. The van der Waals surface area contributed by atoms with Gasteiger partial charge in [-0.25, -0.2) is 4.68 Å². The quantitative estimate of drug-likeness (QED) is 0.758. The molecule has 0 spiro atoms. The van der Waals surface area contributed by atoms with Crippen molar-refractivity contribution in [2.45, 2.75) is 26.9 Å². The zero-order chi connectivity index (χ0) is 18.4. The topological polar surface area (TPSA) is 48.3 Å². The Morgan fingerprint density at radius 3 is 2.54 bits per heavy atom. The van der Waals surface area contributed by atoms with Crippen molar-refractivity contribution in [1.82, 2.24) is 9.78 Å². The number of methoxy groups -OCH3 is 2. The molecule has 5 heteroatoms. The predicted molar refractivity (Wildman–Crippen MR) is 103 cm³/mol. The summed E-state index contributed by atoms with van der Waals surface area (Å²) in [6.07, 6.45) is -0.169. The molecule has 0 fully saturated rings. The van der Waals surface area contributed by atoms with E-state index in [9.17, 15) is 0 Å². The predicted octanol–water partition coefficient (Wildman–Crippen LogP) is 4.46. The van der Waals surface area contributed by atoms with Gasteiger partial charge in [0.2, 0.25) is 0 Å². The lowest BCUT2D eigenvalue weighted by atomic mass is 9.98. The van der Waals surface area contributed by atoms with E-state index in [1.54, 1.807) is 14.2 Å². The van der Waals surface area contributed by atoms with Crippen LogP contribution in [0.25, 0.3) is 11.3 Å². The second-order valence-corrected chi connectivity index (χ2v) is 6.77. The first kappa shape index (κ1) is 16.5. The third kappa shape index (κ3) is 2.51. The largest absolute Gasteiger partial charge is 0.497 e. The van der Waals surface area contributed by atoms with Crippen molar-refractivity contribution < 1.29 is 9.47 Å². The first-order valence-corrected chi connectivity index (χ1v) is 8.68. The Morgan fingerprint density at radius 2 is 1.81 bits per heavy atom. The second kappa shape index (κ2) is 6.09. The molecule has 1 N–H and O–H groups in total. The maximum absolute atomic E-state index is 5.62. The SMILES string of the molecule is COc1ccc(OC)c([C@@H]2Nc3c(C)cc(C)cc3-c3cc(C)nn32)c1. The Hall–Kier alpha value is -2.95. The molecule has 26 heavy (non-hydrogen) atoms. The number of rotatable bonds is 3. The lowest BCUT2D eigenvalue weighted by molar-refractivity contribution is 0.391. The summed E-state index contributed by atoms with van der Waals surface area (Å²) in [6.45, 7) is 6.28. The molecule has 0 bridgehead atoms. The van der Waals surface area contributed by atoms with Crippen LogP contribution >= 0.6 is 0 Å². The van der Waals surface area contributed by atoms with Crippen LogP contribution in [0.3, 0.4) is 0 Å². The van der Waals surface area contributed by atoms with Gasteiger partial charge in [-0.05, 0) is 56.7 Å². The van der Waals surface area contributed by atoms with E-state index in [-0.39, 0.29) is 6.17 Å². The van der Waals surface area contributed by atoms with Crippen molar-refractivity contribution in [2.75, 3.05) is 19.5 Å². The van der Waals surface area contributed by atoms with E-state index < -0.39 is 0 Å². The van der Waals surface area contributed by atoms with Crippen molar-refractivity contribution in [1.29, 1.82) is 0 Å². The molecule has 1 aliphatic rings. The number of hydrogen-bond donors (Lipinski definition) is 1. The van der Waals surface area contributed by atoms with Gasteiger partial charge < -0.3 is 14.8 Å². The summed E-state index contributed by atoms with van der Waals surface area (Å²) in [4.78, 5) is 0. The van der Waals surface area contributed by atoms with E-state index in [1.807, 2.05) is 29.8 Å². The molecule has 5 nitrogen and oxygen atoms in total. The van der Waals surface area contributed by atoms with E-state index in [2.05, 4.69) is 37.4 Å². The van der Waals surface area contributed by atoms with E-state index in [1.165, 1.54) is 16.7 Å². The number of ether oxygens (including phenoxy) is 2. The molecule has 0 aliphatic carbocycles. The zero-order valence-corrected chi connectivity index (χ0v) is 15.8. The van der Waals surface area contributed by atoms with Gasteiger partial charge in [0.25, 0.3) is 0 Å². The summed E-state index contributed by atoms with van der Waals surface area (Å²) in [5.41, 5.74) is 7.86. The summed E-state index contributed by atoms with van der Waals surface area (Å²) in [5, 5.41) is 8.43. The molecular weight excluding hydrogens is 326 g/mol. The van der Waals surface area contributed by atoms with Gasteiger partial charge in [0.1, 0.15) is 11.5 Å². The van der Waals surface area contributed by atoms with Crippen molar-refractivity contribution in [2.24, 2.45) is 0 Å². The molecule has 0 saturated heterocycles. The molecule has 1 aromatic heterocycles. The number of hydrogen-bond acceptors (Lipinski definition) is 4. The zero-order valence-electron chi connectivity index (χ0n) is 15.8. The van der Waals surface area contributed by atoms with Gasteiger partial charge in [0.15, 0.2) is 6.17 Å². The summed E-state index contributed by atoms with van der Waals surface area (Å²) in [5.74, 6) is 1.59. The van der Waals surface area contributed by atoms with Crippen LogP contribution in [-0.2, 0) is 0 Å². The third-order valence-electron chi connectivity index (χ3n) is 4.87. The average Bonchev–Trinajstić information content (AvgIpc) is 3.02. The van der Waals surface area contributed by atoms with Gasteiger partial charge in [-0.15, -0.1) is 0 Å². The molecule has 0 saturated carbocycles. The third-order valence-corrected chi connectivity index (χ3v) is 4.87. The fourth-order valence-corrected chi connectivity index (χ4v) is 3.74. The van der Waals surface area contributed by atoms with Crippen LogP contribution in [-0.4, -0.2) is 24.0 Å². The molecular formula is C21H23N3O2. The molecule has 2 aromatic carbocycles. The van der Waals surface area contributed by atoms with Crippen LogP contribution in [0.5, 0.6) is 11.5 Å². The highest BCUT2D eigenvalue weighted by Crippen LogP contribution is 2.43. The summed E-state index contributed by atoms with van der Waals surface area (Å²) in [6, 6.07) is 12.4. The highest BCUT2D eigenvalue weighted by Gasteiger charge is 2.29. The smallest absolute Gasteiger partial charge is 0.151 e. The Bertz CT molecular complexity index is 991. The number of anilines is 1. The Kier molecular flexibility index (Phi) is 3.87. The van der Waals surface area contributed by atoms with Gasteiger partial charge in [0.05, 0.1) is 25.6 Å². The highest BCUT2D eigenvalue weighted by atomic mass is 16.5. The minimum absolute atomic E-state index is 0.169. The Morgan fingerprint density at radius 1 is 1.00 bits per heavy atom. The molecule has 3 aromatic rings. The number of benzene rings is 2. The van der Waals surface area contributed by atoms with Gasteiger partial charge >= 0.3 is 0 Å². The minimum atomic E-state index is -0.169. The molecule has 1 atom stereocenters. The van der Waals surface area contributed by atoms with E-state index in [0.29, 0.717) is 0 Å². The maximum Gasteiger partial charge on any atom is 0.151 e. The summed E-state index contributed by atoms with van der Waals surface area (Å²) >= 11 is 0. The molecule has 4 rings (SSSR count). The molecule has 0 amide bonds. The van der Waals surface area contributed by atoms with Gasteiger partial charge in [-0.1, -0.05) is 11.6 Å². The van der Waals surface area contributed by atoms with Gasteiger partial charge in [0, 0.05) is 16.8 Å².